The molecule has 0 aromatic heterocycles. The van der Waals surface area contributed by atoms with Crippen molar-refractivity contribution < 1.29 is 53.4 Å². The van der Waals surface area contributed by atoms with Crippen molar-refractivity contribution in [2.24, 2.45) is 0 Å². The van der Waals surface area contributed by atoms with Gasteiger partial charge in [0, 0.05) is 14.2 Å². The summed E-state index contributed by atoms with van der Waals surface area (Å²) in [5, 5.41) is 32.5. The van der Waals surface area contributed by atoms with E-state index in [1.807, 2.05) is 0 Å². The molecular weight excluding hydrogens is 382 g/mol. The van der Waals surface area contributed by atoms with Crippen LogP contribution in [-0.4, -0.2) is 104 Å². The van der Waals surface area contributed by atoms with Crippen LogP contribution in [0.25, 0.3) is 0 Å². The first kappa shape index (κ1) is 22.4. The Morgan fingerprint density at radius 1 is 1.21 bits per heavy atom. The number of methoxy groups -OCH3 is 2. The maximum atomic E-state index is 11.4. The van der Waals surface area contributed by atoms with Crippen LogP contribution in [0.2, 0.25) is 0 Å². The molecule has 2 heterocycles. The molecular formula is C16H23NO11. The lowest BCUT2D eigenvalue weighted by Crippen LogP contribution is -2.63. The van der Waals surface area contributed by atoms with Crippen LogP contribution in [0.5, 0.6) is 0 Å². The topological polar surface area (TPSA) is 170 Å². The molecule has 1 saturated heterocycles. The Morgan fingerprint density at radius 2 is 1.93 bits per heavy atom. The average Bonchev–Trinajstić information content (AvgIpc) is 2.69. The van der Waals surface area contributed by atoms with Gasteiger partial charge < -0.3 is 43.8 Å². The molecule has 2 rings (SSSR count). The Bertz CT molecular complexity index is 597. The van der Waals surface area contributed by atoms with Gasteiger partial charge >= 0.3 is 5.97 Å². The number of allylic oxidation sites excluding steroid dienone is 1. The van der Waals surface area contributed by atoms with E-state index < -0.39 is 55.1 Å². The highest BCUT2D eigenvalue weighted by Crippen LogP contribution is 2.28. The van der Waals surface area contributed by atoms with E-state index in [4.69, 9.17) is 23.7 Å². The number of rotatable bonds is 9. The Hall–Kier alpha value is -1.93. The molecule has 0 bridgehead atoms. The number of aliphatic hydroxyl groups is 2. The van der Waals surface area contributed by atoms with E-state index in [-0.39, 0.29) is 12.3 Å². The second kappa shape index (κ2) is 10.0. The fourth-order valence-electron chi connectivity index (χ4n) is 3.02. The largest absolute Gasteiger partial charge is 0.479 e. The van der Waals surface area contributed by atoms with Crippen LogP contribution >= 0.6 is 0 Å². The monoisotopic (exact) mass is 405 g/mol. The molecule has 28 heavy (non-hydrogen) atoms. The minimum atomic E-state index is -1.65. The van der Waals surface area contributed by atoms with Crippen molar-refractivity contribution in [1.29, 1.82) is 0 Å². The first-order chi connectivity index (χ1) is 13.4. The summed E-state index contributed by atoms with van der Waals surface area (Å²) in [6.45, 7) is -0.0990. The van der Waals surface area contributed by atoms with Gasteiger partial charge in [0.15, 0.2) is 24.4 Å². The summed E-state index contributed by atoms with van der Waals surface area (Å²) in [4.78, 5) is 33.2. The predicted molar refractivity (Wildman–Crippen MR) is 87.9 cm³/mol. The molecule has 0 aromatic carbocycles. The van der Waals surface area contributed by atoms with Crippen molar-refractivity contribution in [3.8, 4) is 0 Å². The van der Waals surface area contributed by atoms with Crippen molar-refractivity contribution in [2.45, 2.75) is 49.1 Å². The van der Waals surface area contributed by atoms with Crippen LogP contribution in [0.3, 0.4) is 0 Å². The van der Waals surface area contributed by atoms with E-state index in [9.17, 15) is 29.7 Å². The third-order valence-corrected chi connectivity index (χ3v) is 4.36. The maximum absolute atomic E-state index is 11.4. The fourth-order valence-corrected chi connectivity index (χ4v) is 3.02. The third-order valence-electron chi connectivity index (χ3n) is 4.36. The van der Waals surface area contributed by atoms with Gasteiger partial charge in [-0.2, -0.15) is 0 Å². The molecule has 0 spiro atoms. The van der Waals surface area contributed by atoms with E-state index in [0.29, 0.717) is 12.6 Å². The number of aldehydes is 2. The molecule has 8 atom stereocenters. The molecule has 0 radical (unpaired) electrons. The third kappa shape index (κ3) is 4.72. The van der Waals surface area contributed by atoms with Gasteiger partial charge in [0.2, 0.25) is 6.29 Å². The van der Waals surface area contributed by atoms with Crippen LogP contribution in [-0.2, 0) is 38.1 Å². The molecule has 0 aliphatic carbocycles. The Labute approximate surface area is 159 Å². The van der Waals surface area contributed by atoms with Crippen molar-refractivity contribution in [3.05, 3.63) is 11.8 Å². The first-order valence-corrected chi connectivity index (χ1v) is 8.34. The second-order valence-corrected chi connectivity index (χ2v) is 6.06. The van der Waals surface area contributed by atoms with E-state index in [1.54, 1.807) is 0 Å². The maximum Gasteiger partial charge on any atom is 0.335 e. The molecule has 2 aliphatic rings. The van der Waals surface area contributed by atoms with E-state index in [0.717, 1.165) is 0 Å². The van der Waals surface area contributed by atoms with Crippen LogP contribution in [0.1, 0.15) is 0 Å². The zero-order valence-corrected chi connectivity index (χ0v) is 15.2. The molecule has 12 nitrogen and oxygen atoms in total. The number of nitrogens with one attached hydrogen (secondary N) is 1. The summed E-state index contributed by atoms with van der Waals surface area (Å²) in [5.74, 6) is -1.55. The lowest BCUT2D eigenvalue weighted by atomic mass is 9.98. The van der Waals surface area contributed by atoms with E-state index >= 15 is 0 Å². The molecule has 1 fully saturated rings. The van der Waals surface area contributed by atoms with E-state index in [2.05, 4.69) is 5.32 Å². The number of carboxylic acids is 1. The number of carbonyl (C=O) groups is 3. The highest BCUT2D eigenvalue weighted by Gasteiger charge is 2.50. The highest BCUT2D eigenvalue weighted by atomic mass is 16.7. The molecule has 0 aromatic rings. The number of aliphatic hydroxyl groups excluding tert-OH is 2. The van der Waals surface area contributed by atoms with Crippen LogP contribution in [0, 0.1) is 0 Å². The first-order valence-electron chi connectivity index (χ1n) is 8.34. The summed E-state index contributed by atoms with van der Waals surface area (Å²) < 4.78 is 26.3. The van der Waals surface area contributed by atoms with Crippen LogP contribution in [0.15, 0.2) is 11.8 Å². The minimum Gasteiger partial charge on any atom is -0.479 e. The summed E-state index contributed by atoms with van der Waals surface area (Å²) in [5.41, 5.74) is 0. The number of hydrogen-bond donors (Lipinski definition) is 4. The SMILES string of the molecule is COC1OC(C=O)=CC(OC2OC(C(=O)O)C(OC)C(O)C2O)C1NCC=O. The van der Waals surface area contributed by atoms with Crippen molar-refractivity contribution in [3.63, 3.8) is 0 Å². The number of carbonyl (C=O) groups excluding carboxylic acids is 2. The number of ether oxygens (including phenoxy) is 5. The summed E-state index contributed by atoms with van der Waals surface area (Å²) >= 11 is 0. The number of carboxylic acid groups (broad SMARTS) is 1. The normalized spacial score (nSPS) is 38.2. The van der Waals surface area contributed by atoms with Gasteiger partial charge in [-0.05, 0) is 6.08 Å². The highest BCUT2D eigenvalue weighted by molar-refractivity contribution is 5.73. The zero-order chi connectivity index (χ0) is 20.8. The van der Waals surface area contributed by atoms with Gasteiger partial charge in [0.1, 0.15) is 36.7 Å². The van der Waals surface area contributed by atoms with E-state index in [1.165, 1.54) is 20.3 Å². The van der Waals surface area contributed by atoms with Crippen LogP contribution in [0.4, 0.5) is 0 Å². The summed E-state index contributed by atoms with van der Waals surface area (Å²) in [6.07, 6.45) is -7.57. The van der Waals surface area contributed by atoms with Gasteiger partial charge in [0.05, 0.1) is 6.54 Å². The molecule has 0 amide bonds. The van der Waals surface area contributed by atoms with Gasteiger partial charge in [-0.3, -0.25) is 10.1 Å². The van der Waals surface area contributed by atoms with Gasteiger partial charge in [-0.15, -0.1) is 0 Å². The molecule has 4 N–H and O–H groups in total. The number of hydrogen-bond acceptors (Lipinski definition) is 11. The van der Waals surface area contributed by atoms with Crippen molar-refractivity contribution >= 4 is 18.5 Å². The quantitative estimate of drug-likeness (QED) is 0.290. The lowest BCUT2D eigenvalue weighted by Gasteiger charge is -2.43. The summed E-state index contributed by atoms with van der Waals surface area (Å²) in [6, 6.07) is -0.810. The molecule has 12 heteroatoms. The summed E-state index contributed by atoms with van der Waals surface area (Å²) in [7, 11) is 2.48. The lowest BCUT2D eigenvalue weighted by molar-refractivity contribution is -0.310. The van der Waals surface area contributed by atoms with Gasteiger partial charge in [-0.25, -0.2) is 4.79 Å². The molecule has 0 saturated carbocycles. The second-order valence-electron chi connectivity index (χ2n) is 6.06. The average molecular weight is 405 g/mol. The molecule has 8 unspecified atom stereocenters. The smallest absolute Gasteiger partial charge is 0.335 e. The van der Waals surface area contributed by atoms with Crippen molar-refractivity contribution in [2.75, 3.05) is 20.8 Å². The van der Waals surface area contributed by atoms with Gasteiger partial charge in [-0.1, -0.05) is 0 Å². The zero-order valence-electron chi connectivity index (χ0n) is 15.2. The molecule has 2 aliphatic heterocycles. The Balaban J connectivity index is 2.26. The minimum absolute atomic E-state index is 0.0990. The fraction of sp³-hybridized carbons (Fsp3) is 0.688. The Morgan fingerprint density at radius 3 is 2.46 bits per heavy atom. The number of aliphatic carboxylic acids is 1. The van der Waals surface area contributed by atoms with Gasteiger partial charge in [0.25, 0.3) is 0 Å². The molecule has 158 valence electrons. The van der Waals surface area contributed by atoms with Crippen LogP contribution < -0.4 is 5.32 Å². The predicted octanol–water partition coefficient (Wildman–Crippen LogP) is -2.84. The standard InChI is InChI=1S/C16H23NO11/c1-24-12-10(20)11(21)16(28-13(12)14(22)23)27-8-5-7(6-19)26-15(25-2)9(8)17-3-4-18/h4-6,8-13,15-17,20-21H,3H2,1-2H3,(H,22,23). The Kier molecular flexibility index (Phi) is 8.00. The van der Waals surface area contributed by atoms with Crippen molar-refractivity contribution in [1.82, 2.24) is 5.32 Å².